The van der Waals surface area contributed by atoms with E-state index in [1.165, 1.54) is 17.6 Å². The number of rotatable bonds is 10. The van der Waals surface area contributed by atoms with Crippen LogP contribution in [-0.4, -0.2) is 40.5 Å². The van der Waals surface area contributed by atoms with Crippen molar-refractivity contribution in [2.45, 2.75) is 33.1 Å². The third-order valence-corrected chi connectivity index (χ3v) is 4.77. The lowest BCUT2D eigenvalue weighted by Crippen LogP contribution is -2.07. The number of aromatic nitrogens is 2. The van der Waals surface area contributed by atoms with Gasteiger partial charge in [-0.3, -0.25) is 4.79 Å². The summed E-state index contributed by atoms with van der Waals surface area (Å²) in [6.07, 6.45) is 3.54. The van der Waals surface area contributed by atoms with Crippen LogP contribution in [0.2, 0.25) is 0 Å². The monoisotopic (exact) mass is 429 g/mol. The molecule has 8 nitrogen and oxygen atoms in total. The van der Waals surface area contributed by atoms with Crippen LogP contribution < -0.4 is 4.74 Å². The molecule has 0 saturated carbocycles. The number of oxazole rings is 1. The lowest BCUT2D eigenvalue weighted by molar-refractivity contribution is -0.142. The van der Waals surface area contributed by atoms with Crippen molar-refractivity contribution < 1.29 is 23.8 Å². The molecule has 1 aromatic carbocycles. The molecule has 0 aliphatic rings. The minimum Gasteiger partial charge on any atom is -0.494 e. The largest absolute Gasteiger partial charge is 0.494 e. The molecular formula is C21H23N3O5S. The van der Waals surface area contributed by atoms with Crippen LogP contribution in [-0.2, 0) is 16.0 Å². The molecule has 0 aliphatic carbocycles. The standard InChI is InChI=1S/C21H23N3O5S/c1-3-5-10-28-16-8-6-14(7-9-16)19-24-17(20(26)29-19)12-22-21-23-15(13-30-21)11-18(25)27-4-2/h6-9,12-13,26H,3-5,10-11H2,1-2H3/b22-12+. The summed E-state index contributed by atoms with van der Waals surface area (Å²) in [5, 5.41) is 12.2. The SMILES string of the molecule is CCCCOc1ccc(-c2nc(/C=N/c3nc(CC(=O)OCC)cs3)c(O)o2)cc1. The Morgan fingerprint density at radius 1 is 1.27 bits per heavy atom. The fraction of sp³-hybridized carbons (Fsp3) is 0.333. The Bertz CT molecular complexity index is 994. The third-order valence-electron chi connectivity index (χ3n) is 3.97. The molecule has 0 saturated heterocycles. The Hall–Kier alpha value is -3.20. The van der Waals surface area contributed by atoms with E-state index in [9.17, 15) is 9.90 Å². The van der Waals surface area contributed by atoms with Gasteiger partial charge < -0.3 is 19.0 Å². The van der Waals surface area contributed by atoms with Crippen LogP contribution in [0.3, 0.4) is 0 Å². The number of aliphatic imine (C=N–C) groups is 1. The van der Waals surface area contributed by atoms with Crippen LogP contribution in [0.1, 0.15) is 38.1 Å². The minimum atomic E-state index is -0.334. The van der Waals surface area contributed by atoms with E-state index in [1.807, 2.05) is 24.3 Å². The van der Waals surface area contributed by atoms with E-state index in [4.69, 9.17) is 13.9 Å². The molecule has 0 spiro atoms. The molecule has 0 atom stereocenters. The molecule has 0 bridgehead atoms. The number of hydrogen-bond donors (Lipinski definition) is 1. The zero-order valence-electron chi connectivity index (χ0n) is 16.8. The molecular weight excluding hydrogens is 406 g/mol. The third kappa shape index (κ3) is 5.90. The average Bonchev–Trinajstić information content (AvgIpc) is 3.33. The molecule has 0 amide bonds. The van der Waals surface area contributed by atoms with Gasteiger partial charge in [0.15, 0.2) is 5.69 Å². The number of benzene rings is 1. The predicted octanol–water partition coefficient (Wildman–Crippen LogP) is 4.54. The van der Waals surface area contributed by atoms with Crippen LogP contribution >= 0.6 is 11.3 Å². The van der Waals surface area contributed by atoms with Crippen molar-refractivity contribution in [3.8, 4) is 23.1 Å². The fourth-order valence-electron chi connectivity index (χ4n) is 2.47. The molecule has 0 unspecified atom stereocenters. The fourth-order valence-corrected chi connectivity index (χ4v) is 3.13. The molecule has 30 heavy (non-hydrogen) atoms. The lowest BCUT2D eigenvalue weighted by atomic mass is 10.2. The number of esters is 1. The van der Waals surface area contributed by atoms with E-state index >= 15 is 0 Å². The molecule has 0 radical (unpaired) electrons. The number of carbonyl (C=O) groups excluding carboxylic acids is 1. The van der Waals surface area contributed by atoms with E-state index in [0.29, 0.717) is 29.6 Å². The number of nitrogens with zero attached hydrogens (tertiary/aromatic N) is 3. The Labute approximate surface area is 178 Å². The van der Waals surface area contributed by atoms with Crippen LogP contribution in [0.4, 0.5) is 5.13 Å². The van der Waals surface area contributed by atoms with Gasteiger partial charge in [0.05, 0.1) is 31.5 Å². The summed E-state index contributed by atoms with van der Waals surface area (Å²) in [5.74, 6) is 0.377. The molecule has 1 N–H and O–H groups in total. The van der Waals surface area contributed by atoms with Gasteiger partial charge in [-0.2, -0.15) is 0 Å². The van der Waals surface area contributed by atoms with Crippen LogP contribution in [0.5, 0.6) is 11.7 Å². The van der Waals surface area contributed by atoms with Gasteiger partial charge >= 0.3 is 11.9 Å². The van der Waals surface area contributed by atoms with Crippen molar-refractivity contribution >= 4 is 28.7 Å². The van der Waals surface area contributed by atoms with Gasteiger partial charge in [0.2, 0.25) is 11.0 Å². The Morgan fingerprint density at radius 3 is 2.80 bits per heavy atom. The summed E-state index contributed by atoms with van der Waals surface area (Å²) in [5.41, 5.74) is 1.48. The van der Waals surface area contributed by atoms with Gasteiger partial charge in [-0.05, 0) is 37.6 Å². The second-order valence-corrected chi connectivity index (χ2v) is 7.13. The number of thiazole rings is 1. The molecule has 3 rings (SSSR count). The quantitative estimate of drug-likeness (QED) is 0.286. The second kappa shape index (κ2) is 10.5. The number of ether oxygens (including phenoxy) is 2. The predicted molar refractivity (Wildman–Crippen MR) is 114 cm³/mol. The lowest BCUT2D eigenvalue weighted by Gasteiger charge is -2.05. The summed E-state index contributed by atoms with van der Waals surface area (Å²) >= 11 is 1.28. The highest BCUT2D eigenvalue weighted by molar-refractivity contribution is 7.13. The van der Waals surface area contributed by atoms with Crippen LogP contribution in [0.15, 0.2) is 39.1 Å². The molecule has 2 heterocycles. The second-order valence-electron chi connectivity index (χ2n) is 6.30. The van der Waals surface area contributed by atoms with E-state index in [0.717, 1.165) is 18.6 Å². The molecule has 158 valence electrons. The maximum atomic E-state index is 11.5. The average molecular weight is 429 g/mol. The zero-order chi connectivity index (χ0) is 21.3. The molecule has 2 aromatic heterocycles. The highest BCUT2D eigenvalue weighted by atomic mass is 32.1. The highest BCUT2D eigenvalue weighted by Crippen LogP contribution is 2.28. The Kier molecular flexibility index (Phi) is 7.56. The van der Waals surface area contributed by atoms with Gasteiger partial charge in [0, 0.05) is 10.9 Å². The van der Waals surface area contributed by atoms with Crippen molar-refractivity contribution in [3.05, 3.63) is 41.0 Å². The van der Waals surface area contributed by atoms with Crippen molar-refractivity contribution in [3.63, 3.8) is 0 Å². The number of hydrogen-bond acceptors (Lipinski definition) is 9. The zero-order valence-corrected chi connectivity index (χ0v) is 17.6. The van der Waals surface area contributed by atoms with Crippen LogP contribution in [0.25, 0.3) is 11.5 Å². The summed E-state index contributed by atoms with van der Waals surface area (Å²) in [7, 11) is 0. The Balaban J connectivity index is 1.65. The number of carbonyl (C=O) groups is 1. The van der Waals surface area contributed by atoms with Crippen molar-refractivity contribution in [1.29, 1.82) is 0 Å². The topological polar surface area (TPSA) is 107 Å². The first kappa shape index (κ1) is 21.5. The summed E-state index contributed by atoms with van der Waals surface area (Å²) < 4.78 is 15.9. The van der Waals surface area contributed by atoms with Crippen molar-refractivity contribution in [2.24, 2.45) is 4.99 Å². The van der Waals surface area contributed by atoms with Gasteiger partial charge in [-0.25, -0.2) is 15.0 Å². The van der Waals surface area contributed by atoms with E-state index in [-0.39, 0.29) is 29.9 Å². The highest BCUT2D eigenvalue weighted by Gasteiger charge is 2.13. The van der Waals surface area contributed by atoms with Crippen LogP contribution in [0, 0.1) is 0 Å². The van der Waals surface area contributed by atoms with Gasteiger partial charge in [-0.1, -0.05) is 13.3 Å². The first-order chi connectivity index (χ1) is 14.6. The summed E-state index contributed by atoms with van der Waals surface area (Å²) in [6, 6.07) is 7.30. The van der Waals surface area contributed by atoms with E-state index in [1.54, 1.807) is 12.3 Å². The molecule has 0 aliphatic heterocycles. The molecule has 0 fully saturated rings. The van der Waals surface area contributed by atoms with Gasteiger partial charge in [0.1, 0.15) is 5.75 Å². The molecule has 3 aromatic rings. The normalized spacial score (nSPS) is 11.1. The smallest absolute Gasteiger partial charge is 0.312 e. The summed E-state index contributed by atoms with van der Waals surface area (Å²) in [6.45, 7) is 4.87. The van der Waals surface area contributed by atoms with Crippen molar-refractivity contribution in [1.82, 2.24) is 9.97 Å². The first-order valence-electron chi connectivity index (χ1n) is 9.66. The van der Waals surface area contributed by atoms with Gasteiger partial charge in [-0.15, -0.1) is 11.3 Å². The van der Waals surface area contributed by atoms with E-state index in [2.05, 4.69) is 21.9 Å². The minimum absolute atomic E-state index is 0.0946. The summed E-state index contributed by atoms with van der Waals surface area (Å²) in [4.78, 5) is 24.2. The number of unbranched alkanes of at least 4 members (excludes halogenated alkanes) is 1. The van der Waals surface area contributed by atoms with E-state index < -0.39 is 0 Å². The molecule has 9 heteroatoms. The number of aromatic hydroxyl groups is 1. The maximum absolute atomic E-state index is 11.5. The van der Waals surface area contributed by atoms with Gasteiger partial charge in [0.25, 0.3) is 0 Å². The van der Waals surface area contributed by atoms with Crippen molar-refractivity contribution in [2.75, 3.05) is 13.2 Å². The first-order valence-corrected chi connectivity index (χ1v) is 10.5. The Morgan fingerprint density at radius 2 is 2.07 bits per heavy atom. The maximum Gasteiger partial charge on any atom is 0.312 e.